The Kier molecular flexibility index (Phi) is 3.32. The van der Waals surface area contributed by atoms with E-state index in [4.69, 9.17) is 13.9 Å². The first-order valence-corrected chi connectivity index (χ1v) is 6.91. The molecule has 0 bridgehead atoms. The van der Waals surface area contributed by atoms with Crippen molar-refractivity contribution >= 4 is 17.3 Å². The third-order valence-electron chi connectivity index (χ3n) is 3.89. The number of fused-ring (bicyclic) bond motifs is 2. The smallest absolute Gasteiger partial charge is 0.233 e. The largest absolute Gasteiger partial charge is 0.496 e. The van der Waals surface area contributed by atoms with E-state index in [1.54, 1.807) is 19.1 Å². The lowest BCUT2D eigenvalue weighted by molar-refractivity contribution is 0.0951. The number of Topliss-reactive ketones (excluding diaryl/α,β-unsaturated/α-hetero) is 1. The van der Waals surface area contributed by atoms with Gasteiger partial charge in [0.15, 0.2) is 11.5 Å². The number of methoxy groups -OCH3 is 2. The number of ketones is 3. The van der Waals surface area contributed by atoms with Crippen molar-refractivity contribution in [1.82, 2.24) is 0 Å². The van der Waals surface area contributed by atoms with Gasteiger partial charge in [0.2, 0.25) is 11.6 Å². The summed E-state index contributed by atoms with van der Waals surface area (Å²) in [6.45, 7) is 2.88. The molecule has 1 aliphatic rings. The monoisotopic (exact) mass is 314 g/mol. The summed E-state index contributed by atoms with van der Waals surface area (Å²) in [6.07, 6.45) is 0. The quantitative estimate of drug-likeness (QED) is 0.691. The Balaban J connectivity index is 2.40. The number of hydrogen-bond donors (Lipinski definition) is 0. The van der Waals surface area contributed by atoms with Gasteiger partial charge in [0.1, 0.15) is 17.3 Å². The van der Waals surface area contributed by atoms with Crippen LogP contribution in [0.1, 0.15) is 55.1 Å². The molecule has 0 aliphatic heterocycles. The zero-order valence-corrected chi connectivity index (χ0v) is 13.1. The number of ether oxygens (including phenoxy) is 2. The summed E-state index contributed by atoms with van der Waals surface area (Å²) < 4.78 is 15.8. The van der Waals surface area contributed by atoms with Crippen LogP contribution < -0.4 is 9.47 Å². The van der Waals surface area contributed by atoms with Crippen LogP contribution in [-0.2, 0) is 0 Å². The molecule has 1 heterocycles. The second-order valence-electron chi connectivity index (χ2n) is 5.17. The molecule has 1 aromatic heterocycles. The topological polar surface area (TPSA) is 82.8 Å². The van der Waals surface area contributed by atoms with Crippen LogP contribution in [0.3, 0.4) is 0 Å². The fraction of sp³-hybridized carbons (Fsp3) is 0.235. The first-order valence-electron chi connectivity index (χ1n) is 6.91. The molecular weight excluding hydrogens is 300 g/mol. The Hall–Kier alpha value is -2.89. The first kappa shape index (κ1) is 15.0. The van der Waals surface area contributed by atoms with E-state index < -0.39 is 11.6 Å². The lowest BCUT2D eigenvalue weighted by Crippen LogP contribution is -2.22. The van der Waals surface area contributed by atoms with E-state index >= 15 is 0 Å². The Labute approximate surface area is 132 Å². The Morgan fingerprint density at radius 2 is 1.48 bits per heavy atom. The highest BCUT2D eigenvalue weighted by Crippen LogP contribution is 2.41. The van der Waals surface area contributed by atoms with Gasteiger partial charge in [-0.25, -0.2) is 0 Å². The highest BCUT2D eigenvalue weighted by atomic mass is 16.5. The minimum Gasteiger partial charge on any atom is -0.496 e. The van der Waals surface area contributed by atoms with E-state index in [1.165, 1.54) is 21.1 Å². The molecule has 3 rings (SSSR count). The van der Waals surface area contributed by atoms with Crippen LogP contribution >= 0.6 is 0 Å². The van der Waals surface area contributed by atoms with E-state index in [2.05, 4.69) is 0 Å². The van der Waals surface area contributed by atoms with Gasteiger partial charge in [-0.1, -0.05) is 0 Å². The highest BCUT2D eigenvalue weighted by Gasteiger charge is 2.41. The maximum atomic E-state index is 12.9. The lowest BCUT2D eigenvalue weighted by atomic mass is 9.84. The number of furan rings is 1. The van der Waals surface area contributed by atoms with Gasteiger partial charge in [-0.05, 0) is 26.0 Å². The van der Waals surface area contributed by atoms with Crippen molar-refractivity contribution in [3.63, 3.8) is 0 Å². The molecular formula is C17H14O6. The molecule has 0 fully saturated rings. The predicted octanol–water partition coefficient (Wildman–Crippen LogP) is 2.58. The molecule has 1 aromatic carbocycles. The van der Waals surface area contributed by atoms with Crippen LogP contribution in [0.15, 0.2) is 16.5 Å². The molecule has 0 saturated carbocycles. The molecule has 0 atom stereocenters. The van der Waals surface area contributed by atoms with Crippen LogP contribution in [-0.4, -0.2) is 31.6 Å². The SMILES string of the molecule is COc1ccc(OC)c2c1C(=O)c1oc(C)c(C(C)=O)c1C2=O. The van der Waals surface area contributed by atoms with Crippen molar-refractivity contribution in [3.8, 4) is 11.5 Å². The molecule has 2 aromatic rings. The van der Waals surface area contributed by atoms with Crippen molar-refractivity contribution in [2.24, 2.45) is 0 Å². The number of benzene rings is 1. The molecule has 0 radical (unpaired) electrons. The summed E-state index contributed by atoms with van der Waals surface area (Å²) >= 11 is 0. The summed E-state index contributed by atoms with van der Waals surface area (Å²) in [5, 5.41) is 0. The van der Waals surface area contributed by atoms with E-state index in [1.807, 2.05) is 0 Å². The van der Waals surface area contributed by atoms with Crippen LogP contribution in [0.25, 0.3) is 0 Å². The van der Waals surface area contributed by atoms with Gasteiger partial charge < -0.3 is 13.9 Å². The van der Waals surface area contributed by atoms with Crippen molar-refractivity contribution in [3.05, 3.63) is 45.9 Å². The highest BCUT2D eigenvalue weighted by molar-refractivity contribution is 6.31. The Morgan fingerprint density at radius 3 is 1.96 bits per heavy atom. The van der Waals surface area contributed by atoms with Gasteiger partial charge in [-0.3, -0.25) is 14.4 Å². The average Bonchev–Trinajstić information content (AvgIpc) is 2.89. The zero-order valence-electron chi connectivity index (χ0n) is 13.1. The van der Waals surface area contributed by atoms with Gasteiger partial charge in [-0.2, -0.15) is 0 Å². The predicted molar refractivity (Wildman–Crippen MR) is 79.9 cm³/mol. The standard InChI is InChI=1S/C17H14O6/c1-7(18)11-8(2)23-17-14(11)15(19)12-9(21-3)5-6-10(22-4)13(12)16(17)20/h5-6H,1-4H3. The van der Waals surface area contributed by atoms with Crippen LogP contribution in [0.4, 0.5) is 0 Å². The molecule has 0 unspecified atom stereocenters. The van der Waals surface area contributed by atoms with E-state index in [9.17, 15) is 14.4 Å². The summed E-state index contributed by atoms with van der Waals surface area (Å²) in [5.41, 5.74) is 0.314. The van der Waals surface area contributed by atoms with E-state index in [-0.39, 0.29) is 51.1 Å². The maximum Gasteiger partial charge on any atom is 0.233 e. The van der Waals surface area contributed by atoms with E-state index in [0.717, 1.165) is 0 Å². The van der Waals surface area contributed by atoms with E-state index in [0.29, 0.717) is 0 Å². The van der Waals surface area contributed by atoms with Crippen LogP contribution in [0.5, 0.6) is 11.5 Å². The number of carbonyl (C=O) groups excluding carboxylic acids is 3. The first-order chi connectivity index (χ1) is 10.9. The van der Waals surface area contributed by atoms with Crippen LogP contribution in [0, 0.1) is 6.92 Å². The molecule has 23 heavy (non-hydrogen) atoms. The number of carbonyl (C=O) groups is 3. The van der Waals surface area contributed by atoms with Gasteiger partial charge in [-0.15, -0.1) is 0 Å². The number of rotatable bonds is 3. The van der Waals surface area contributed by atoms with Gasteiger partial charge in [0.25, 0.3) is 0 Å². The van der Waals surface area contributed by atoms with Gasteiger partial charge in [0.05, 0.1) is 36.5 Å². The molecule has 1 aliphatic carbocycles. The molecule has 0 spiro atoms. The lowest BCUT2D eigenvalue weighted by Gasteiger charge is -2.19. The summed E-state index contributed by atoms with van der Waals surface area (Å²) in [7, 11) is 2.81. The molecule has 0 amide bonds. The van der Waals surface area contributed by atoms with Crippen molar-refractivity contribution < 1.29 is 28.3 Å². The van der Waals surface area contributed by atoms with Gasteiger partial charge >= 0.3 is 0 Å². The summed E-state index contributed by atoms with van der Waals surface area (Å²) in [5.74, 6) is -0.694. The van der Waals surface area contributed by atoms with Gasteiger partial charge in [0, 0.05) is 0 Å². The fourth-order valence-corrected chi connectivity index (χ4v) is 2.94. The van der Waals surface area contributed by atoms with Crippen molar-refractivity contribution in [2.45, 2.75) is 13.8 Å². The number of hydrogen-bond acceptors (Lipinski definition) is 6. The second-order valence-corrected chi connectivity index (χ2v) is 5.17. The summed E-state index contributed by atoms with van der Waals surface area (Å²) in [4.78, 5) is 37.6. The maximum absolute atomic E-state index is 12.9. The number of aryl methyl sites for hydroxylation is 1. The fourth-order valence-electron chi connectivity index (χ4n) is 2.94. The minimum atomic E-state index is -0.499. The summed E-state index contributed by atoms with van der Waals surface area (Å²) in [6, 6.07) is 3.10. The Morgan fingerprint density at radius 1 is 0.957 bits per heavy atom. The average molecular weight is 314 g/mol. The van der Waals surface area contributed by atoms with Crippen molar-refractivity contribution in [1.29, 1.82) is 0 Å². The molecule has 0 N–H and O–H groups in total. The normalized spacial score (nSPS) is 12.7. The Bertz CT molecular complexity index is 872. The molecule has 118 valence electrons. The molecule has 0 saturated heterocycles. The molecule has 6 nitrogen and oxygen atoms in total. The van der Waals surface area contributed by atoms with Crippen LogP contribution in [0.2, 0.25) is 0 Å². The minimum absolute atomic E-state index is 0.000877. The molecule has 6 heteroatoms. The third-order valence-corrected chi connectivity index (χ3v) is 3.89. The van der Waals surface area contributed by atoms with Crippen molar-refractivity contribution in [2.75, 3.05) is 14.2 Å². The second kappa shape index (κ2) is 5.08. The zero-order chi connectivity index (χ0) is 16.9. The third kappa shape index (κ3) is 1.91.